The molecule has 3 aliphatic rings. The van der Waals surface area contributed by atoms with Crippen LogP contribution in [-0.4, -0.2) is 66.4 Å². The first-order valence-electron chi connectivity index (χ1n) is 13.6. The number of aromatic nitrogens is 5. The van der Waals surface area contributed by atoms with E-state index in [1.165, 1.54) is 12.3 Å². The largest absolute Gasteiger partial charge is 0.433 e. The molecule has 0 unspecified atom stereocenters. The third-order valence-electron chi connectivity index (χ3n) is 8.57. The molecule has 12 heteroatoms. The molecule has 1 saturated carbocycles. The molecule has 2 aliphatic heterocycles. The van der Waals surface area contributed by atoms with Crippen LogP contribution in [-0.2, 0) is 19.3 Å². The molecule has 7 rings (SSSR count). The van der Waals surface area contributed by atoms with Crippen LogP contribution in [0, 0.1) is 19.3 Å². The zero-order valence-electron chi connectivity index (χ0n) is 22.6. The Morgan fingerprint density at radius 1 is 1.05 bits per heavy atom. The molecule has 1 saturated heterocycles. The number of pyridine rings is 1. The van der Waals surface area contributed by atoms with Gasteiger partial charge >= 0.3 is 6.18 Å². The van der Waals surface area contributed by atoms with Crippen LogP contribution in [0.2, 0.25) is 0 Å². The normalized spacial score (nSPS) is 19.0. The SMILES string of the molecule is Cc1cc(-c2ncc3nc(C(F)(F)F)ccc3n2)ccc1N1CCn2nc(CN3CC4(CC(O)C4)C3)c(C)c2C1=O. The number of anilines is 1. The van der Waals surface area contributed by atoms with Gasteiger partial charge in [0.25, 0.3) is 5.91 Å². The lowest BCUT2D eigenvalue weighted by atomic mass is 9.62. The molecule has 3 aromatic heterocycles. The predicted octanol–water partition coefficient (Wildman–Crippen LogP) is 4.14. The minimum atomic E-state index is -4.54. The Balaban J connectivity index is 1.10. The molecule has 1 aromatic carbocycles. The molecule has 0 atom stereocenters. The topological polar surface area (TPSA) is 100 Å². The number of hydrogen-bond acceptors (Lipinski definition) is 7. The fourth-order valence-electron chi connectivity index (χ4n) is 6.58. The summed E-state index contributed by atoms with van der Waals surface area (Å²) >= 11 is 0. The molecule has 2 fully saturated rings. The van der Waals surface area contributed by atoms with E-state index >= 15 is 0 Å². The first kappa shape index (κ1) is 26.0. The number of benzene rings is 1. The summed E-state index contributed by atoms with van der Waals surface area (Å²) in [7, 11) is 0. The van der Waals surface area contributed by atoms with Crippen LogP contribution in [0.15, 0.2) is 36.5 Å². The number of amides is 1. The highest BCUT2D eigenvalue weighted by atomic mass is 19.4. The molecule has 5 heterocycles. The number of carbonyl (C=O) groups is 1. The van der Waals surface area contributed by atoms with Gasteiger partial charge in [0.05, 0.1) is 30.1 Å². The van der Waals surface area contributed by atoms with Crippen molar-refractivity contribution in [3.8, 4) is 11.4 Å². The molecule has 1 spiro atoms. The van der Waals surface area contributed by atoms with Gasteiger partial charge in [-0.25, -0.2) is 15.0 Å². The average molecular weight is 564 g/mol. The molecule has 1 N–H and O–H groups in total. The number of aliphatic hydroxyl groups excluding tert-OH is 1. The van der Waals surface area contributed by atoms with Crippen molar-refractivity contribution in [2.45, 2.75) is 52.1 Å². The van der Waals surface area contributed by atoms with Crippen molar-refractivity contribution in [2.75, 3.05) is 24.5 Å². The number of carbonyl (C=O) groups excluding carboxylic acids is 1. The molecule has 41 heavy (non-hydrogen) atoms. The minimum absolute atomic E-state index is 0.0673. The molecular formula is C29H28F3N7O2. The van der Waals surface area contributed by atoms with Gasteiger partial charge in [-0.3, -0.25) is 14.4 Å². The molecular weight excluding hydrogens is 535 g/mol. The Kier molecular flexibility index (Phi) is 5.75. The highest BCUT2D eigenvalue weighted by Gasteiger charge is 2.51. The number of aliphatic hydroxyl groups is 1. The summed E-state index contributed by atoms with van der Waals surface area (Å²) in [5.74, 6) is 0.264. The summed E-state index contributed by atoms with van der Waals surface area (Å²) < 4.78 is 40.8. The number of nitrogens with zero attached hydrogens (tertiary/aromatic N) is 7. The number of halogens is 3. The number of rotatable bonds is 4. The summed E-state index contributed by atoms with van der Waals surface area (Å²) in [5.41, 5.74) is 4.40. The molecule has 4 aromatic rings. The van der Waals surface area contributed by atoms with E-state index in [0.29, 0.717) is 42.2 Å². The summed E-state index contributed by atoms with van der Waals surface area (Å²) in [6.07, 6.45) is -1.65. The minimum Gasteiger partial charge on any atom is -0.393 e. The zero-order chi connectivity index (χ0) is 28.7. The second-order valence-electron chi connectivity index (χ2n) is 11.6. The maximum atomic E-state index is 13.7. The van der Waals surface area contributed by atoms with Crippen LogP contribution in [0.4, 0.5) is 18.9 Å². The fourth-order valence-corrected chi connectivity index (χ4v) is 6.58. The number of alkyl halides is 3. The maximum Gasteiger partial charge on any atom is 0.433 e. The molecule has 1 aliphatic carbocycles. The Bertz CT molecular complexity index is 1700. The van der Waals surface area contributed by atoms with E-state index in [2.05, 4.69) is 19.9 Å². The van der Waals surface area contributed by atoms with E-state index in [0.717, 1.165) is 54.5 Å². The lowest BCUT2D eigenvalue weighted by Gasteiger charge is -2.57. The van der Waals surface area contributed by atoms with Gasteiger partial charge in [-0.15, -0.1) is 0 Å². The number of aryl methyl sites for hydroxylation is 1. The van der Waals surface area contributed by atoms with Crippen LogP contribution in [0.5, 0.6) is 0 Å². The average Bonchev–Trinajstić information content (AvgIpc) is 3.21. The summed E-state index contributed by atoms with van der Waals surface area (Å²) in [4.78, 5) is 30.1. The number of likely N-dealkylation sites (tertiary alicyclic amines) is 1. The van der Waals surface area contributed by atoms with Gasteiger partial charge in [-0.1, -0.05) is 0 Å². The number of hydrogen-bond donors (Lipinski definition) is 1. The summed E-state index contributed by atoms with van der Waals surface area (Å²) in [5, 5.41) is 14.4. The van der Waals surface area contributed by atoms with Crippen molar-refractivity contribution in [1.82, 2.24) is 29.6 Å². The maximum absolute atomic E-state index is 13.7. The standard InChI is InChI=1S/C29H28F3N7O2/c1-16-9-18(26-33-12-21-20(35-26)4-6-24(34-21)29(30,31)32)3-5-23(16)38-7-8-39-25(27(38)41)17(2)22(36-39)13-37-14-28(15-37)10-19(40)11-28/h3-6,9,12,19,40H,7-8,10-11,13-15H2,1-2H3. The highest BCUT2D eigenvalue weighted by Crippen LogP contribution is 2.48. The third-order valence-corrected chi connectivity index (χ3v) is 8.57. The molecule has 0 bridgehead atoms. The van der Waals surface area contributed by atoms with Crippen LogP contribution in [0.25, 0.3) is 22.4 Å². The summed E-state index contributed by atoms with van der Waals surface area (Å²) in [6.45, 7) is 7.55. The Morgan fingerprint density at radius 3 is 2.54 bits per heavy atom. The monoisotopic (exact) mass is 563 g/mol. The van der Waals surface area contributed by atoms with Gasteiger partial charge in [0, 0.05) is 48.4 Å². The van der Waals surface area contributed by atoms with Crippen molar-refractivity contribution in [3.63, 3.8) is 0 Å². The second kappa shape index (κ2) is 9.05. The van der Waals surface area contributed by atoms with E-state index < -0.39 is 11.9 Å². The van der Waals surface area contributed by atoms with Crippen molar-refractivity contribution in [2.24, 2.45) is 5.41 Å². The lowest BCUT2D eigenvalue weighted by Crippen LogP contribution is -2.63. The van der Waals surface area contributed by atoms with E-state index in [9.17, 15) is 23.1 Å². The van der Waals surface area contributed by atoms with E-state index in [-0.39, 0.29) is 22.9 Å². The van der Waals surface area contributed by atoms with Gasteiger partial charge in [0.2, 0.25) is 0 Å². The van der Waals surface area contributed by atoms with Gasteiger partial charge < -0.3 is 10.0 Å². The van der Waals surface area contributed by atoms with Crippen LogP contribution in [0.1, 0.15) is 45.8 Å². The van der Waals surface area contributed by atoms with Gasteiger partial charge in [-0.2, -0.15) is 18.3 Å². The Labute approximate surface area is 233 Å². The Hall–Kier alpha value is -3.90. The van der Waals surface area contributed by atoms with Gasteiger partial charge in [0.1, 0.15) is 16.9 Å². The van der Waals surface area contributed by atoms with Crippen molar-refractivity contribution in [3.05, 3.63) is 64.7 Å². The third kappa shape index (κ3) is 4.36. The Morgan fingerprint density at radius 2 is 1.83 bits per heavy atom. The zero-order valence-corrected chi connectivity index (χ0v) is 22.6. The van der Waals surface area contributed by atoms with E-state index in [4.69, 9.17) is 5.10 Å². The summed E-state index contributed by atoms with van der Waals surface area (Å²) in [6, 6.07) is 7.75. The molecule has 1 amide bonds. The number of fused-ring (bicyclic) bond motifs is 2. The molecule has 0 radical (unpaired) electrons. The highest BCUT2D eigenvalue weighted by molar-refractivity contribution is 6.07. The quantitative estimate of drug-likeness (QED) is 0.398. The van der Waals surface area contributed by atoms with E-state index in [1.807, 2.05) is 36.7 Å². The second-order valence-corrected chi connectivity index (χ2v) is 11.6. The van der Waals surface area contributed by atoms with Crippen LogP contribution in [0.3, 0.4) is 0 Å². The smallest absolute Gasteiger partial charge is 0.393 e. The fraction of sp³-hybridized carbons (Fsp3) is 0.414. The predicted molar refractivity (Wildman–Crippen MR) is 144 cm³/mol. The first-order valence-corrected chi connectivity index (χ1v) is 13.6. The van der Waals surface area contributed by atoms with Crippen molar-refractivity contribution < 1.29 is 23.1 Å². The van der Waals surface area contributed by atoms with Gasteiger partial charge in [0.15, 0.2) is 5.82 Å². The first-order chi connectivity index (χ1) is 19.5. The lowest BCUT2D eigenvalue weighted by molar-refractivity contribution is -0.141. The molecule has 9 nitrogen and oxygen atoms in total. The molecule has 212 valence electrons. The van der Waals surface area contributed by atoms with E-state index in [1.54, 1.807) is 4.90 Å². The van der Waals surface area contributed by atoms with Crippen LogP contribution < -0.4 is 4.90 Å². The van der Waals surface area contributed by atoms with Crippen molar-refractivity contribution in [1.29, 1.82) is 0 Å². The van der Waals surface area contributed by atoms with Crippen LogP contribution >= 0.6 is 0 Å². The van der Waals surface area contributed by atoms with Crippen molar-refractivity contribution >= 4 is 22.6 Å². The van der Waals surface area contributed by atoms with Gasteiger partial charge in [-0.05, 0) is 62.6 Å².